The van der Waals surface area contributed by atoms with Crippen LogP contribution in [0.15, 0.2) is 24.8 Å². The summed E-state index contributed by atoms with van der Waals surface area (Å²) in [6, 6.07) is 4.34. The molecule has 0 saturated carbocycles. The first kappa shape index (κ1) is 16.2. The zero-order valence-electron chi connectivity index (χ0n) is 14.1. The van der Waals surface area contributed by atoms with Gasteiger partial charge in [-0.25, -0.2) is 0 Å². The molecule has 0 unspecified atom stereocenters. The number of methoxy groups -OCH3 is 1. The van der Waals surface area contributed by atoms with Crippen molar-refractivity contribution in [2.24, 2.45) is 0 Å². The standard InChI is InChI=1S/C19H25NO3/c1-4-5-6-15-11-14(13-22-3)12-16-17(15)20(2)18(21)19(16)7-9-23-10-8-19/h4,11-12H,1,5-10,13H2,2-3H3. The zero-order valence-corrected chi connectivity index (χ0v) is 14.1. The van der Waals surface area contributed by atoms with Gasteiger partial charge in [0.05, 0.1) is 17.7 Å². The van der Waals surface area contributed by atoms with Crippen molar-refractivity contribution in [3.8, 4) is 0 Å². The predicted octanol–water partition coefficient (Wildman–Crippen LogP) is 2.98. The van der Waals surface area contributed by atoms with Crippen LogP contribution in [-0.4, -0.2) is 33.3 Å². The number of carbonyl (C=O) groups is 1. The molecule has 4 nitrogen and oxygen atoms in total. The molecule has 4 heteroatoms. The van der Waals surface area contributed by atoms with E-state index in [-0.39, 0.29) is 5.91 Å². The Labute approximate surface area is 138 Å². The second-order valence-electron chi connectivity index (χ2n) is 6.47. The summed E-state index contributed by atoms with van der Waals surface area (Å²) in [5.74, 6) is 0.213. The number of fused-ring (bicyclic) bond motifs is 2. The van der Waals surface area contributed by atoms with Crippen LogP contribution < -0.4 is 4.90 Å². The third-order valence-electron chi connectivity index (χ3n) is 5.09. The average Bonchev–Trinajstić information content (AvgIpc) is 2.77. The molecule has 1 amide bonds. The predicted molar refractivity (Wildman–Crippen MR) is 90.8 cm³/mol. The summed E-state index contributed by atoms with van der Waals surface area (Å²) in [7, 11) is 3.61. The van der Waals surface area contributed by atoms with E-state index in [1.165, 1.54) is 11.1 Å². The Hall–Kier alpha value is -1.65. The lowest BCUT2D eigenvalue weighted by Gasteiger charge is -2.32. The molecule has 2 aliphatic rings. The first-order valence-electron chi connectivity index (χ1n) is 8.26. The number of aryl methyl sites for hydroxylation is 1. The van der Waals surface area contributed by atoms with Gasteiger partial charge in [0.25, 0.3) is 0 Å². The van der Waals surface area contributed by atoms with Crippen LogP contribution in [0.5, 0.6) is 0 Å². The van der Waals surface area contributed by atoms with Crippen LogP contribution in [0.2, 0.25) is 0 Å². The van der Waals surface area contributed by atoms with Crippen LogP contribution >= 0.6 is 0 Å². The minimum atomic E-state index is -0.408. The summed E-state index contributed by atoms with van der Waals surface area (Å²) in [5.41, 5.74) is 4.21. The number of amides is 1. The summed E-state index contributed by atoms with van der Waals surface area (Å²) in [6.45, 7) is 5.69. The Bertz CT molecular complexity index is 617. The Morgan fingerprint density at radius 2 is 2.13 bits per heavy atom. The van der Waals surface area contributed by atoms with Gasteiger partial charge in [-0.05, 0) is 42.4 Å². The molecule has 0 atom stereocenters. The van der Waals surface area contributed by atoms with Crippen LogP contribution in [0, 0.1) is 0 Å². The van der Waals surface area contributed by atoms with E-state index in [4.69, 9.17) is 9.47 Å². The largest absolute Gasteiger partial charge is 0.381 e. The van der Waals surface area contributed by atoms with Gasteiger partial charge < -0.3 is 14.4 Å². The van der Waals surface area contributed by atoms with E-state index < -0.39 is 5.41 Å². The monoisotopic (exact) mass is 315 g/mol. The maximum atomic E-state index is 13.1. The molecule has 1 spiro atoms. The highest BCUT2D eigenvalue weighted by Crippen LogP contribution is 2.49. The van der Waals surface area contributed by atoms with Crippen LogP contribution in [0.4, 0.5) is 5.69 Å². The molecule has 3 rings (SSSR count). The summed E-state index contributed by atoms with van der Waals surface area (Å²) in [6.07, 6.45) is 5.26. The number of hydrogen-bond donors (Lipinski definition) is 0. The van der Waals surface area contributed by atoms with E-state index in [1.54, 1.807) is 7.11 Å². The third-order valence-corrected chi connectivity index (χ3v) is 5.09. The van der Waals surface area contributed by atoms with E-state index >= 15 is 0 Å². The molecule has 0 bridgehead atoms. The lowest BCUT2D eigenvalue weighted by molar-refractivity contribution is -0.126. The number of hydrogen-bond acceptors (Lipinski definition) is 3. The molecular weight excluding hydrogens is 290 g/mol. The summed E-state index contributed by atoms with van der Waals surface area (Å²) < 4.78 is 10.9. The van der Waals surface area contributed by atoms with E-state index in [9.17, 15) is 4.79 Å². The van der Waals surface area contributed by atoms with E-state index in [2.05, 4.69) is 18.7 Å². The zero-order chi connectivity index (χ0) is 16.4. The maximum Gasteiger partial charge on any atom is 0.237 e. The lowest BCUT2D eigenvalue weighted by Crippen LogP contribution is -2.42. The molecule has 1 fully saturated rings. The van der Waals surface area contributed by atoms with Crippen molar-refractivity contribution < 1.29 is 14.3 Å². The molecule has 0 aliphatic carbocycles. The average molecular weight is 315 g/mol. The molecule has 124 valence electrons. The molecular formula is C19H25NO3. The normalized spacial score (nSPS) is 19.2. The van der Waals surface area contributed by atoms with Gasteiger partial charge in [0, 0.05) is 27.4 Å². The fraction of sp³-hybridized carbons (Fsp3) is 0.526. The van der Waals surface area contributed by atoms with Gasteiger partial charge in [-0.15, -0.1) is 6.58 Å². The van der Waals surface area contributed by atoms with Crippen LogP contribution in [0.25, 0.3) is 0 Å². The first-order chi connectivity index (χ1) is 11.1. The smallest absolute Gasteiger partial charge is 0.237 e. The van der Waals surface area contributed by atoms with Gasteiger partial charge in [-0.1, -0.05) is 18.2 Å². The Morgan fingerprint density at radius 1 is 1.39 bits per heavy atom. The second kappa shape index (κ2) is 6.46. The number of nitrogens with zero attached hydrogens (tertiary/aromatic N) is 1. The summed E-state index contributed by atoms with van der Waals surface area (Å²) in [5, 5.41) is 0. The molecule has 0 radical (unpaired) electrons. The summed E-state index contributed by atoms with van der Waals surface area (Å²) >= 11 is 0. The SMILES string of the molecule is C=CCCc1cc(COC)cc2c1N(C)C(=O)C21CCOCC1. The van der Waals surface area contributed by atoms with E-state index in [0.29, 0.717) is 19.8 Å². The number of likely N-dealkylation sites (N-methyl/N-ethyl adjacent to an activating group) is 1. The second-order valence-corrected chi connectivity index (χ2v) is 6.47. The molecule has 0 N–H and O–H groups in total. The fourth-order valence-corrected chi connectivity index (χ4v) is 3.96. The number of benzene rings is 1. The third kappa shape index (κ3) is 2.60. The molecule has 23 heavy (non-hydrogen) atoms. The molecule has 1 aromatic rings. The van der Waals surface area contributed by atoms with Gasteiger partial charge in [0.1, 0.15) is 0 Å². The Kier molecular flexibility index (Phi) is 4.55. The number of allylic oxidation sites excluding steroid dienone is 1. The van der Waals surface area contributed by atoms with Crippen molar-refractivity contribution in [3.05, 3.63) is 41.5 Å². The van der Waals surface area contributed by atoms with Crippen molar-refractivity contribution in [3.63, 3.8) is 0 Å². The van der Waals surface area contributed by atoms with Crippen LogP contribution in [0.1, 0.15) is 36.0 Å². The molecule has 0 aromatic heterocycles. The van der Waals surface area contributed by atoms with Crippen molar-refractivity contribution in [2.45, 2.75) is 37.7 Å². The molecule has 2 heterocycles. The van der Waals surface area contributed by atoms with Crippen molar-refractivity contribution >= 4 is 11.6 Å². The maximum absolute atomic E-state index is 13.1. The number of rotatable bonds is 5. The van der Waals surface area contributed by atoms with Crippen molar-refractivity contribution in [2.75, 3.05) is 32.3 Å². The highest BCUT2D eigenvalue weighted by molar-refractivity contribution is 6.08. The Morgan fingerprint density at radius 3 is 2.78 bits per heavy atom. The van der Waals surface area contributed by atoms with Gasteiger partial charge in [0.2, 0.25) is 5.91 Å². The topological polar surface area (TPSA) is 38.8 Å². The van der Waals surface area contributed by atoms with E-state index in [0.717, 1.165) is 36.9 Å². The highest BCUT2D eigenvalue weighted by Gasteiger charge is 2.51. The molecule has 1 saturated heterocycles. The van der Waals surface area contributed by atoms with Gasteiger partial charge in [-0.2, -0.15) is 0 Å². The van der Waals surface area contributed by atoms with E-state index in [1.807, 2.05) is 18.0 Å². The lowest BCUT2D eigenvalue weighted by atomic mass is 9.74. The molecule has 1 aromatic carbocycles. The van der Waals surface area contributed by atoms with Gasteiger partial charge >= 0.3 is 0 Å². The number of carbonyl (C=O) groups excluding carboxylic acids is 1. The Balaban J connectivity index is 2.14. The number of ether oxygens (including phenoxy) is 2. The van der Waals surface area contributed by atoms with Crippen molar-refractivity contribution in [1.82, 2.24) is 0 Å². The van der Waals surface area contributed by atoms with Crippen LogP contribution in [-0.2, 0) is 32.7 Å². The minimum absolute atomic E-state index is 0.213. The minimum Gasteiger partial charge on any atom is -0.381 e. The molecule has 2 aliphatic heterocycles. The van der Waals surface area contributed by atoms with Crippen LogP contribution in [0.3, 0.4) is 0 Å². The fourth-order valence-electron chi connectivity index (χ4n) is 3.96. The number of anilines is 1. The first-order valence-corrected chi connectivity index (χ1v) is 8.26. The van der Waals surface area contributed by atoms with Gasteiger partial charge in [-0.3, -0.25) is 4.79 Å². The summed E-state index contributed by atoms with van der Waals surface area (Å²) in [4.78, 5) is 14.9. The van der Waals surface area contributed by atoms with Gasteiger partial charge in [0.15, 0.2) is 0 Å². The van der Waals surface area contributed by atoms with Crippen molar-refractivity contribution in [1.29, 1.82) is 0 Å². The highest BCUT2D eigenvalue weighted by atomic mass is 16.5. The quantitative estimate of drug-likeness (QED) is 0.784.